The van der Waals surface area contributed by atoms with Gasteiger partial charge < -0.3 is 20.5 Å². The van der Waals surface area contributed by atoms with Gasteiger partial charge in [0.25, 0.3) is 0 Å². The van der Waals surface area contributed by atoms with Crippen LogP contribution in [0.2, 0.25) is 0 Å². The highest BCUT2D eigenvalue weighted by molar-refractivity contribution is 5.75. The van der Waals surface area contributed by atoms with Gasteiger partial charge in [0, 0.05) is 19.7 Å². The van der Waals surface area contributed by atoms with E-state index in [9.17, 15) is 9.59 Å². The molecule has 0 aromatic heterocycles. The zero-order valence-electron chi connectivity index (χ0n) is 9.78. The minimum atomic E-state index is -0.907. The quantitative estimate of drug-likeness (QED) is 0.534. The molecule has 0 aliphatic carbocycles. The summed E-state index contributed by atoms with van der Waals surface area (Å²) < 4.78 is 4.77. The molecule has 1 unspecified atom stereocenters. The van der Waals surface area contributed by atoms with Gasteiger partial charge in [0.2, 0.25) is 0 Å². The van der Waals surface area contributed by atoms with Crippen LogP contribution in [-0.4, -0.2) is 43.4 Å². The number of aliphatic carboxylic acids is 1. The third-order valence-corrected chi connectivity index (χ3v) is 1.99. The molecule has 0 aliphatic heterocycles. The van der Waals surface area contributed by atoms with Gasteiger partial charge in [-0.25, -0.2) is 4.79 Å². The minimum Gasteiger partial charge on any atom is -0.481 e. The van der Waals surface area contributed by atoms with E-state index in [0.717, 1.165) is 6.42 Å². The third kappa shape index (κ3) is 8.05. The smallest absolute Gasteiger partial charge is 0.315 e. The van der Waals surface area contributed by atoms with Crippen molar-refractivity contribution in [3.63, 3.8) is 0 Å². The average molecular weight is 232 g/mol. The number of hydrogen-bond acceptors (Lipinski definition) is 3. The number of carboxylic acids is 1. The van der Waals surface area contributed by atoms with Crippen LogP contribution in [0.25, 0.3) is 0 Å². The highest BCUT2D eigenvalue weighted by atomic mass is 16.5. The van der Waals surface area contributed by atoms with Crippen molar-refractivity contribution in [1.82, 2.24) is 10.6 Å². The Labute approximate surface area is 95.4 Å². The first kappa shape index (κ1) is 14.7. The highest BCUT2D eigenvalue weighted by Gasteiger charge is 2.14. The predicted molar refractivity (Wildman–Crippen MR) is 59.4 cm³/mol. The molecule has 6 heteroatoms. The van der Waals surface area contributed by atoms with Gasteiger partial charge in [-0.05, 0) is 6.42 Å². The second-order valence-corrected chi connectivity index (χ2v) is 3.48. The largest absolute Gasteiger partial charge is 0.481 e. The number of nitrogens with one attached hydrogen (secondary N) is 2. The van der Waals surface area contributed by atoms with Crippen molar-refractivity contribution in [2.75, 3.05) is 20.3 Å². The Kier molecular flexibility index (Phi) is 8.24. The fourth-order valence-electron chi connectivity index (χ4n) is 1.29. The second-order valence-electron chi connectivity index (χ2n) is 3.48. The number of carboxylic acid groups (broad SMARTS) is 1. The monoisotopic (exact) mass is 232 g/mol. The van der Waals surface area contributed by atoms with E-state index >= 15 is 0 Å². The molecule has 6 nitrogen and oxygen atoms in total. The second kappa shape index (κ2) is 8.96. The van der Waals surface area contributed by atoms with Crippen molar-refractivity contribution in [2.24, 2.45) is 0 Å². The lowest BCUT2D eigenvalue weighted by molar-refractivity contribution is -0.137. The first-order valence-corrected chi connectivity index (χ1v) is 5.35. The van der Waals surface area contributed by atoms with Crippen molar-refractivity contribution in [3.8, 4) is 0 Å². The lowest BCUT2D eigenvalue weighted by Gasteiger charge is -2.16. The van der Waals surface area contributed by atoms with Gasteiger partial charge in [-0.15, -0.1) is 0 Å². The Hall–Kier alpha value is -1.30. The Morgan fingerprint density at radius 2 is 2.12 bits per heavy atom. The Bertz CT molecular complexity index is 221. The molecule has 94 valence electrons. The van der Waals surface area contributed by atoms with Crippen LogP contribution in [0.5, 0.6) is 0 Å². The zero-order chi connectivity index (χ0) is 12.4. The van der Waals surface area contributed by atoms with E-state index in [-0.39, 0.29) is 18.5 Å². The summed E-state index contributed by atoms with van der Waals surface area (Å²) in [7, 11) is 1.55. The van der Waals surface area contributed by atoms with Gasteiger partial charge in [-0.3, -0.25) is 4.79 Å². The van der Waals surface area contributed by atoms with E-state index in [0.29, 0.717) is 19.6 Å². The van der Waals surface area contributed by atoms with Gasteiger partial charge in [0.1, 0.15) is 0 Å². The van der Waals surface area contributed by atoms with Gasteiger partial charge >= 0.3 is 12.0 Å². The van der Waals surface area contributed by atoms with Crippen LogP contribution < -0.4 is 10.6 Å². The fourth-order valence-corrected chi connectivity index (χ4v) is 1.29. The summed E-state index contributed by atoms with van der Waals surface area (Å²) in [6, 6.07) is -0.665. The first-order valence-electron chi connectivity index (χ1n) is 5.35. The van der Waals surface area contributed by atoms with Gasteiger partial charge in [0.15, 0.2) is 0 Å². The number of hydrogen-bond donors (Lipinski definition) is 3. The summed E-state index contributed by atoms with van der Waals surface area (Å²) in [5.74, 6) is -0.907. The van der Waals surface area contributed by atoms with Crippen LogP contribution in [0.1, 0.15) is 26.2 Å². The zero-order valence-corrected chi connectivity index (χ0v) is 9.78. The standard InChI is InChI=1S/C10H20N2O4/c1-3-4-8(7-9(13)14)12-10(15)11-5-6-16-2/h8H,3-7H2,1-2H3,(H,13,14)(H2,11,12,15). The fraction of sp³-hybridized carbons (Fsp3) is 0.800. The summed E-state index contributed by atoms with van der Waals surface area (Å²) in [6.45, 7) is 2.79. The number of ether oxygens (including phenoxy) is 1. The lowest BCUT2D eigenvalue weighted by Crippen LogP contribution is -2.43. The average Bonchev–Trinajstić information content (AvgIpc) is 2.17. The predicted octanol–water partition coefficient (Wildman–Crippen LogP) is 0.575. The van der Waals surface area contributed by atoms with Crippen LogP contribution in [0.15, 0.2) is 0 Å². The Morgan fingerprint density at radius 1 is 1.44 bits per heavy atom. The maximum Gasteiger partial charge on any atom is 0.315 e. The number of carbonyl (C=O) groups is 2. The number of rotatable bonds is 8. The van der Waals surface area contributed by atoms with Crippen molar-refractivity contribution in [3.05, 3.63) is 0 Å². The summed E-state index contributed by atoms with van der Waals surface area (Å²) in [5.41, 5.74) is 0. The SMILES string of the molecule is CCCC(CC(=O)O)NC(=O)NCCOC. The summed E-state index contributed by atoms with van der Waals surface area (Å²) in [5, 5.41) is 13.8. The maximum absolute atomic E-state index is 11.3. The van der Waals surface area contributed by atoms with E-state index in [1.807, 2.05) is 6.92 Å². The topological polar surface area (TPSA) is 87.7 Å². The van der Waals surface area contributed by atoms with E-state index in [4.69, 9.17) is 9.84 Å². The van der Waals surface area contributed by atoms with E-state index in [2.05, 4.69) is 10.6 Å². The van der Waals surface area contributed by atoms with Gasteiger partial charge in [0.05, 0.1) is 13.0 Å². The van der Waals surface area contributed by atoms with Crippen molar-refractivity contribution in [1.29, 1.82) is 0 Å². The molecule has 0 bridgehead atoms. The number of urea groups is 1. The molecular formula is C10H20N2O4. The molecular weight excluding hydrogens is 212 g/mol. The van der Waals surface area contributed by atoms with Crippen LogP contribution in [0.3, 0.4) is 0 Å². The molecule has 16 heavy (non-hydrogen) atoms. The summed E-state index contributed by atoms with van der Waals surface area (Å²) in [6.07, 6.45) is 1.44. The van der Waals surface area contributed by atoms with Gasteiger partial charge in [-0.1, -0.05) is 13.3 Å². The molecule has 2 amide bonds. The molecule has 0 spiro atoms. The number of carbonyl (C=O) groups excluding carboxylic acids is 1. The molecule has 0 aromatic carbocycles. The Balaban J connectivity index is 3.87. The molecule has 0 radical (unpaired) electrons. The maximum atomic E-state index is 11.3. The molecule has 0 rings (SSSR count). The summed E-state index contributed by atoms with van der Waals surface area (Å²) in [4.78, 5) is 21.8. The normalized spacial score (nSPS) is 11.9. The number of methoxy groups -OCH3 is 1. The third-order valence-electron chi connectivity index (χ3n) is 1.99. The molecule has 0 heterocycles. The van der Waals surface area contributed by atoms with Crippen molar-refractivity contribution >= 4 is 12.0 Å². The van der Waals surface area contributed by atoms with Gasteiger partial charge in [-0.2, -0.15) is 0 Å². The minimum absolute atomic E-state index is 0.0501. The molecule has 0 aromatic rings. The Morgan fingerprint density at radius 3 is 2.62 bits per heavy atom. The van der Waals surface area contributed by atoms with Crippen molar-refractivity contribution in [2.45, 2.75) is 32.2 Å². The van der Waals surface area contributed by atoms with E-state index in [1.54, 1.807) is 7.11 Å². The van der Waals surface area contributed by atoms with Crippen LogP contribution >= 0.6 is 0 Å². The summed E-state index contributed by atoms with van der Waals surface area (Å²) >= 11 is 0. The molecule has 0 fully saturated rings. The first-order chi connectivity index (χ1) is 7.60. The molecule has 3 N–H and O–H groups in total. The van der Waals surface area contributed by atoms with E-state index < -0.39 is 5.97 Å². The van der Waals surface area contributed by atoms with Crippen LogP contribution in [0, 0.1) is 0 Å². The molecule has 0 aliphatic rings. The number of amides is 2. The lowest BCUT2D eigenvalue weighted by atomic mass is 10.1. The van der Waals surface area contributed by atoms with Crippen LogP contribution in [0.4, 0.5) is 4.79 Å². The highest BCUT2D eigenvalue weighted by Crippen LogP contribution is 2.01. The molecule has 1 atom stereocenters. The van der Waals surface area contributed by atoms with Crippen molar-refractivity contribution < 1.29 is 19.4 Å². The molecule has 0 saturated heterocycles. The van der Waals surface area contributed by atoms with E-state index in [1.165, 1.54) is 0 Å². The molecule has 0 saturated carbocycles. The van der Waals surface area contributed by atoms with Crippen LogP contribution in [-0.2, 0) is 9.53 Å².